The van der Waals surface area contributed by atoms with Crippen molar-refractivity contribution < 1.29 is 19.1 Å². The lowest BCUT2D eigenvalue weighted by molar-refractivity contribution is -0.122. The van der Waals surface area contributed by atoms with Crippen LogP contribution in [0.25, 0.3) is 11.6 Å². The Morgan fingerprint density at radius 1 is 1.12 bits per heavy atom. The molecule has 0 atom stereocenters. The van der Waals surface area contributed by atoms with Crippen LogP contribution in [0.5, 0.6) is 5.75 Å². The maximum atomic E-state index is 13.3. The zero-order chi connectivity index (χ0) is 24.8. The van der Waals surface area contributed by atoms with E-state index in [2.05, 4.69) is 37.1 Å². The van der Waals surface area contributed by atoms with Gasteiger partial charge < -0.3 is 9.64 Å². The van der Waals surface area contributed by atoms with Crippen LogP contribution in [0.3, 0.4) is 0 Å². The summed E-state index contributed by atoms with van der Waals surface area (Å²) in [6, 6.07) is 9.25. The molecule has 0 saturated carbocycles. The van der Waals surface area contributed by atoms with E-state index in [1.54, 1.807) is 31.4 Å². The molecule has 0 unspecified atom stereocenters. The lowest BCUT2D eigenvalue weighted by Crippen LogP contribution is -2.54. The molecular formula is C26H26ClN3O4. The van der Waals surface area contributed by atoms with Crippen molar-refractivity contribution in [3.05, 3.63) is 64.2 Å². The Bertz CT molecular complexity index is 1260. The van der Waals surface area contributed by atoms with E-state index in [1.165, 1.54) is 6.08 Å². The molecular weight excluding hydrogens is 454 g/mol. The molecule has 2 aromatic rings. The quantitative estimate of drug-likeness (QED) is 0.491. The van der Waals surface area contributed by atoms with Crippen LogP contribution >= 0.6 is 11.6 Å². The predicted molar refractivity (Wildman–Crippen MR) is 134 cm³/mol. The average molecular weight is 480 g/mol. The molecule has 2 aliphatic heterocycles. The first-order valence-corrected chi connectivity index (χ1v) is 11.3. The second kappa shape index (κ2) is 8.65. The summed E-state index contributed by atoms with van der Waals surface area (Å²) in [7, 11) is 1.54. The number of benzene rings is 2. The fourth-order valence-corrected chi connectivity index (χ4v) is 4.75. The minimum Gasteiger partial charge on any atom is -0.496 e. The normalized spacial score (nSPS) is 18.6. The second-order valence-electron chi connectivity index (χ2n) is 8.77. The summed E-state index contributed by atoms with van der Waals surface area (Å²) in [5, 5.41) is 2.71. The second-order valence-corrected chi connectivity index (χ2v) is 9.21. The number of nitrogens with one attached hydrogen (secondary N) is 1. The summed E-state index contributed by atoms with van der Waals surface area (Å²) in [5.74, 6) is -0.964. The highest BCUT2D eigenvalue weighted by Crippen LogP contribution is 2.42. The van der Waals surface area contributed by atoms with E-state index >= 15 is 0 Å². The number of allylic oxidation sites excluding steroid dienone is 1. The number of nitrogens with zero attached hydrogens (tertiary/aromatic N) is 2. The highest BCUT2D eigenvalue weighted by atomic mass is 35.5. The Balaban J connectivity index is 1.82. The predicted octanol–water partition coefficient (Wildman–Crippen LogP) is 5.04. The van der Waals surface area contributed by atoms with Crippen molar-refractivity contribution in [3.63, 3.8) is 0 Å². The molecule has 1 N–H and O–H groups in total. The van der Waals surface area contributed by atoms with Gasteiger partial charge in [0.15, 0.2) is 0 Å². The minimum absolute atomic E-state index is 0.169. The fraction of sp³-hybridized carbons (Fsp3) is 0.269. The molecule has 0 aliphatic carbocycles. The number of halogens is 1. The highest BCUT2D eigenvalue weighted by molar-refractivity contribution is 6.39. The van der Waals surface area contributed by atoms with Gasteiger partial charge >= 0.3 is 6.03 Å². The lowest BCUT2D eigenvalue weighted by atomic mass is 9.87. The van der Waals surface area contributed by atoms with Crippen LogP contribution in [0.2, 0.25) is 5.02 Å². The molecule has 0 radical (unpaired) electrons. The van der Waals surface area contributed by atoms with E-state index in [9.17, 15) is 14.4 Å². The molecule has 1 saturated heterocycles. The number of carbonyl (C=O) groups is 3. The molecule has 4 amide bonds. The van der Waals surface area contributed by atoms with E-state index in [-0.39, 0.29) is 11.1 Å². The number of hydrogen-bond acceptors (Lipinski definition) is 5. The lowest BCUT2D eigenvalue weighted by Gasteiger charge is -2.43. The number of ether oxygens (including phenoxy) is 1. The summed E-state index contributed by atoms with van der Waals surface area (Å²) in [6.45, 7) is 9.23. The molecule has 2 aliphatic rings. The smallest absolute Gasteiger partial charge is 0.335 e. The molecule has 4 rings (SSSR count). The number of methoxy groups -OCH3 is 1. The number of anilines is 2. The van der Waals surface area contributed by atoms with Crippen LogP contribution < -0.4 is 19.9 Å². The van der Waals surface area contributed by atoms with E-state index in [1.807, 2.05) is 19.1 Å². The van der Waals surface area contributed by atoms with Crippen molar-refractivity contribution in [1.29, 1.82) is 0 Å². The van der Waals surface area contributed by atoms with Crippen LogP contribution in [-0.4, -0.2) is 37.0 Å². The zero-order valence-electron chi connectivity index (χ0n) is 19.7. The Morgan fingerprint density at radius 3 is 2.41 bits per heavy atom. The Kier molecular flexibility index (Phi) is 6.00. The number of fused-ring (bicyclic) bond motifs is 1. The van der Waals surface area contributed by atoms with Crippen molar-refractivity contribution in [2.75, 3.05) is 23.5 Å². The molecule has 1 fully saturated rings. The van der Waals surface area contributed by atoms with Gasteiger partial charge in [0, 0.05) is 34.4 Å². The largest absolute Gasteiger partial charge is 0.496 e. The minimum atomic E-state index is -0.813. The maximum Gasteiger partial charge on any atom is 0.335 e. The molecule has 2 heterocycles. The number of hydrogen-bond donors (Lipinski definition) is 1. The van der Waals surface area contributed by atoms with Crippen molar-refractivity contribution in [3.8, 4) is 5.75 Å². The van der Waals surface area contributed by atoms with Crippen LogP contribution in [0.4, 0.5) is 16.2 Å². The van der Waals surface area contributed by atoms with Crippen LogP contribution in [0, 0.1) is 0 Å². The number of urea groups is 1. The molecule has 0 bridgehead atoms. The number of amides is 4. The highest BCUT2D eigenvalue weighted by Gasteiger charge is 2.37. The molecule has 0 aromatic heterocycles. The van der Waals surface area contributed by atoms with Gasteiger partial charge in [-0.3, -0.25) is 14.9 Å². The summed E-state index contributed by atoms with van der Waals surface area (Å²) >= 11 is 5.93. The fourth-order valence-electron chi connectivity index (χ4n) is 4.63. The number of imide groups is 2. The van der Waals surface area contributed by atoms with Crippen LogP contribution in [-0.2, 0) is 9.59 Å². The van der Waals surface area contributed by atoms with Gasteiger partial charge in [-0.2, -0.15) is 0 Å². The third-order valence-corrected chi connectivity index (χ3v) is 6.38. The van der Waals surface area contributed by atoms with Crippen molar-refractivity contribution >= 4 is 52.5 Å². The number of carbonyl (C=O) groups excluding carboxylic acids is 3. The molecule has 8 heteroatoms. The summed E-state index contributed by atoms with van der Waals surface area (Å²) in [5.41, 5.74) is 3.63. The van der Waals surface area contributed by atoms with Gasteiger partial charge in [-0.05, 0) is 69.7 Å². The topological polar surface area (TPSA) is 79.0 Å². The van der Waals surface area contributed by atoms with Gasteiger partial charge in [-0.25, -0.2) is 9.69 Å². The Morgan fingerprint density at radius 2 is 1.79 bits per heavy atom. The van der Waals surface area contributed by atoms with Crippen molar-refractivity contribution in [2.45, 2.75) is 33.2 Å². The van der Waals surface area contributed by atoms with Crippen molar-refractivity contribution in [1.82, 2.24) is 5.32 Å². The maximum absolute atomic E-state index is 13.3. The standard InChI is InChI=1S/C26H26ClN3O4/c1-6-29-21-13-22(34-5)16(11-19(21)15(2)14-26(29,3)4)12-20-23(31)28-25(33)30(24(20)32)18-9-7-17(27)8-10-18/h7-14H,6H2,1-5H3,(H,28,31,33)/b20-12-. The molecule has 7 nitrogen and oxygen atoms in total. The third kappa shape index (κ3) is 3.96. The Hall–Kier alpha value is -3.58. The van der Waals surface area contributed by atoms with Crippen LogP contribution in [0.15, 0.2) is 48.0 Å². The third-order valence-electron chi connectivity index (χ3n) is 6.13. The molecule has 176 valence electrons. The van der Waals surface area contributed by atoms with Crippen molar-refractivity contribution in [2.24, 2.45) is 0 Å². The molecule has 0 spiro atoms. The van der Waals surface area contributed by atoms with Gasteiger partial charge in [-0.15, -0.1) is 0 Å². The monoisotopic (exact) mass is 479 g/mol. The summed E-state index contributed by atoms with van der Waals surface area (Å²) in [6.07, 6.45) is 3.66. The summed E-state index contributed by atoms with van der Waals surface area (Å²) < 4.78 is 5.64. The van der Waals surface area contributed by atoms with Gasteiger partial charge in [0.05, 0.1) is 18.3 Å². The number of likely N-dealkylation sites (N-methyl/N-ethyl adjacent to an activating group) is 1. The SMILES string of the molecule is CCN1c2cc(OC)c(/C=C3/C(=O)NC(=O)N(c4ccc(Cl)cc4)C3=O)cc2C(C)=CC1(C)C. The zero-order valence-corrected chi connectivity index (χ0v) is 20.5. The van der Waals surface area contributed by atoms with E-state index in [0.29, 0.717) is 22.0 Å². The Labute approximate surface area is 203 Å². The van der Waals surface area contributed by atoms with E-state index < -0.39 is 17.8 Å². The first-order chi connectivity index (χ1) is 16.1. The molecule has 2 aromatic carbocycles. The van der Waals surface area contributed by atoms with E-state index in [0.717, 1.165) is 28.3 Å². The first-order valence-electron chi connectivity index (χ1n) is 10.9. The van der Waals surface area contributed by atoms with Crippen LogP contribution in [0.1, 0.15) is 38.8 Å². The number of barbiturate groups is 1. The average Bonchev–Trinajstić information content (AvgIpc) is 2.77. The molecule has 34 heavy (non-hydrogen) atoms. The van der Waals surface area contributed by atoms with E-state index in [4.69, 9.17) is 16.3 Å². The number of rotatable bonds is 4. The summed E-state index contributed by atoms with van der Waals surface area (Å²) in [4.78, 5) is 41.6. The van der Waals surface area contributed by atoms with Gasteiger partial charge in [0.2, 0.25) is 0 Å². The van der Waals surface area contributed by atoms with Gasteiger partial charge in [0.1, 0.15) is 11.3 Å². The van der Waals surface area contributed by atoms with Gasteiger partial charge in [0.25, 0.3) is 11.8 Å². The van der Waals surface area contributed by atoms with Gasteiger partial charge in [-0.1, -0.05) is 17.7 Å². The first kappa shape index (κ1) is 23.6.